The van der Waals surface area contributed by atoms with Crippen LogP contribution in [0.2, 0.25) is 38.3 Å². The number of rotatable bonds is 6. The van der Waals surface area contributed by atoms with Crippen LogP contribution in [0.1, 0.15) is 20.3 Å². The minimum atomic E-state index is -1.29. The molecular weight excluding hydrogens is 192 g/mol. The molecule has 0 spiro atoms. The second-order valence-corrected chi connectivity index (χ2v) is 14.9. The lowest BCUT2D eigenvalue weighted by atomic mass is 10.6. The Hall–Kier alpha value is 0.394. The van der Waals surface area contributed by atoms with Gasteiger partial charge in [-0.25, -0.2) is 0 Å². The summed E-state index contributed by atoms with van der Waals surface area (Å²) in [6, 6.07) is 2.64. The Morgan fingerprint density at radius 1 is 1.00 bits per heavy atom. The first kappa shape index (κ1) is 13.4. The molecule has 3 heteroatoms. The van der Waals surface area contributed by atoms with Crippen LogP contribution in [-0.4, -0.2) is 22.6 Å². The van der Waals surface area contributed by atoms with Crippen molar-refractivity contribution in [3.63, 3.8) is 0 Å². The van der Waals surface area contributed by atoms with E-state index < -0.39 is 16.4 Å². The third kappa shape index (κ3) is 6.46. The van der Waals surface area contributed by atoms with E-state index in [2.05, 4.69) is 40.0 Å². The highest BCUT2D eigenvalue weighted by Crippen LogP contribution is 2.17. The fraction of sp³-hybridized carbons (Fsp3) is 1.00. The topological polar surface area (TPSA) is 9.23 Å². The summed E-state index contributed by atoms with van der Waals surface area (Å²) < 4.78 is 6.13. The van der Waals surface area contributed by atoms with Gasteiger partial charge in [0.25, 0.3) is 0 Å². The van der Waals surface area contributed by atoms with Crippen molar-refractivity contribution in [3.05, 3.63) is 0 Å². The predicted octanol–water partition coefficient (Wildman–Crippen LogP) is 3.89. The maximum Gasteiger partial charge on any atom is 0.186 e. The number of hydrogen-bond donors (Lipinski definition) is 0. The fourth-order valence-electron chi connectivity index (χ4n) is 1.17. The zero-order valence-electron chi connectivity index (χ0n) is 10.2. The predicted molar refractivity (Wildman–Crippen MR) is 66.5 cm³/mol. The van der Waals surface area contributed by atoms with Crippen LogP contribution in [0.3, 0.4) is 0 Å². The van der Waals surface area contributed by atoms with Gasteiger partial charge in [-0.2, -0.15) is 0 Å². The Balaban J connectivity index is 3.86. The second-order valence-electron chi connectivity index (χ2n) is 5.32. The van der Waals surface area contributed by atoms with Crippen LogP contribution in [-0.2, 0) is 4.43 Å². The van der Waals surface area contributed by atoms with E-state index in [0.717, 1.165) is 6.23 Å². The van der Waals surface area contributed by atoms with Gasteiger partial charge in [-0.05, 0) is 19.1 Å². The molecule has 0 aromatic carbocycles. The lowest BCUT2D eigenvalue weighted by Crippen LogP contribution is -2.40. The van der Waals surface area contributed by atoms with Gasteiger partial charge in [0.2, 0.25) is 0 Å². The molecule has 0 unspecified atom stereocenters. The molecule has 0 fully saturated rings. The van der Waals surface area contributed by atoms with Crippen molar-refractivity contribution < 1.29 is 4.43 Å². The molecule has 80 valence electrons. The summed E-state index contributed by atoms with van der Waals surface area (Å²) in [7, 11) is -2.30. The molecule has 1 nitrogen and oxygen atoms in total. The first-order valence-corrected chi connectivity index (χ1v) is 12.0. The van der Waals surface area contributed by atoms with Gasteiger partial charge in [0, 0.05) is 6.23 Å². The Morgan fingerprint density at radius 2 is 1.54 bits per heavy atom. The molecule has 0 aliphatic heterocycles. The lowest BCUT2D eigenvalue weighted by molar-refractivity contribution is 0.365. The normalized spacial score (nSPS) is 13.4. The Morgan fingerprint density at radius 3 is 1.92 bits per heavy atom. The zero-order valence-corrected chi connectivity index (χ0v) is 12.2. The van der Waals surface area contributed by atoms with E-state index in [1.54, 1.807) is 0 Å². The van der Waals surface area contributed by atoms with Crippen molar-refractivity contribution in [2.75, 3.05) is 6.23 Å². The smallest absolute Gasteiger partial charge is 0.186 e. The monoisotopic (exact) mass is 218 g/mol. The molecule has 0 rings (SSSR count). The van der Waals surface area contributed by atoms with Crippen molar-refractivity contribution in [1.82, 2.24) is 0 Å². The molecule has 0 radical (unpaired) electrons. The van der Waals surface area contributed by atoms with E-state index in [9.17, 15) is 0 Å². The van der Waals surface area contributed by atoms with Crippen molar-refractivity contribution in [1.29, 1.82) is 0 Å². The molecule has 0 N–H and O–H groups in total. The molecule has 0 aromatic rings. The summed E-state index contributed by atoms with van der Waals surface area (Å²) in [6.07, 6.45) is 2.34. The molecule has 0 amide bonds. The van der Waals surface area contributed by atoms with Gasteiger partial charge in [-0.1, -0.05) is 39.4 Å². The molecule has 0 aliphatic rings. The van der Waals surface area contributed by atoms with Crippen LogP contribution in [0.25, 0.3) is 0 Å². The van der Waals surface area contributed by atoms with Gasteiger partial charge >= 0.3 is 0 Å². The quantitative estimate of drug-likeness (QED) is 0.615. The van der Waals surface area contributed by atoms with Gasteiger partial charge in [0.15, 0.2) is 8.32 Å². The molecule has 0 saturated heterocycles. The average Bonchev–Trinajstić information content (AvgIpc) is 2.02. The van der Waals surface area contributed by atoms with Gasteiger partial charge in [-0.3, -0.25) is 0 Å². The maximum atomic E-state index is 6.13. The van der Waals surface area contributed by atoms with Crippen LogP contribution in [0, 0.1) is 0 Å². The summed E-state index contributed by atoms with van der Waals surface area (Å²) in [4.78, 5) is 0. The van der Waals surface area contributed by atoms with Gasteiger partial charge in [-0.15, -0.1) is 0 Å². The molecule has 13 heavy (non-hydrogen) atoms. The molecule has 0 bridgehead atoms. The first-order valence-electron chi connectivity index (χ1n) is 5.47. The highest BCUT2D eigenvalue weighted by atomic mass is 28.4. The summed E-state index contributed by atoms with van der Waals surface area (Å²) in [5, 5.41) is 0. The standard InChI is InChI=1S/C10H26OSi2/c1-7-9-13(5,6)11-10-12(3,4)8-2/h7-10H2,1-6H3. The van der Waals surface area contributed by atoms with Crippen LogP contribution in [0.4, 0.5) is 0 Å². The minimum absolute atomic E-state index is 1.00. The van der Waals surface area contributed by atoms with Gasteiger partial charge < -0.3 is 4.43 Å². The maximum absolute atomic E-state index is 6.13. The summed E-state index contributed by atoms with van der Waals surface area (Å²) >= 11 is 0. The Labute approximate surface area is 86.0 Å². The molecule has 0 aromatic heterocycles. The molecule has 0 aliphatic carbocycles. The molecule has 0 atom stereocenters. The lowest BCUT2D eigenvalue weighted by Gasteiger charge is -2.28. The second kappa shape index (κ2) is 5.32. The van der Waals surface area contributed by atoms with Crippen LogP contribution in [0.15, 0.2) is 0 Å². The third-order valence-electron chi connectivity index (χ3n) is 2.66. The van der Waals surface area contributed by atoms with Crippen molar-refractivity contribution >= 4 is 16.4 Å². The summed E-state index contributed by atoms with van der Waals surface area (Å²) in [5.41, 5.74) is 0. The number of hydrogen-bond acceptors (Lipinski definition) is 1. The SMILES string of the molecule is CCC[Si](C)(C)OC[Si](C)(C)CC. The van der Waals surface area contributed by atoms with E-state index >= 15 is 0 Å². The highest BCUT2D eigenvalue weighted by molar-refractivity contribution is 6.79. The van der Waals surface area contributed by atoms with E-state index in [1.807, 2.05) is 0 Å². The van der Waals surface area contributed by atoms with Crippen molar-refractivity contribution in [3.8, 4) is 0 Å². The minimum Gasteiger partial charge on any atom is -0.421 e. The largest absolute Gasteiger partial charge is 0.421 e. The van der Waals surface area contributed by atoms with Gasteiger partial charge in [0.05, 0.1) is 8.07 Å². The summed E-state index contributed by atoms with van der Waals surface area (Å²) in [6.45, 7) is 14.1. The highest BCUT2D eigenvalue weighted by Gasteiger charge is 2.26. The zero-order chi connectivity index (χ0) is 10.5. The van der Waals surface area contributed by atoms with Gasteiger partial charge in [0.1, 0.15) is 0 Å². The average molecular weight is 218 g/mol. The Kier molecular flexibility index (Phi) is 5.48. The van der Waals surface area contributed by atoms with E-state index in [0.29, 0.717) is 0 Å². The summed E-state index contributed by atoms with van der Waals surface area (Å²) in [5.74, 6) is 0. The van der Waals surface area contributed by atoms with E-state index in [4.69, 9.17) is 4.43 Å². The molecular formula is C10H26OSi2. The Bertz CT molecular complexity index is 144. The van der Waals surface area contributed by atoms with Crippen molar-refractivity contribution in [2.24, 2.45) is 0 Å². The van der Waals surface area contributed by atoms with Crippen LogP contribution in [0.5, 0.6) is 0 Å². The fourth-order valence-corrected chi connectivity index (χ4v) is 5.85. The molecule has 0 heterocycles. The van der Waals surface area contributed by atoms with E-state index in [1.165, 1.54) is 18.5 Å². The van der Waals surface area contributed by atoms with Crippen LogP contribution >= 0.6 is 0 Å². The first-order chi connectivity index (χ1) is 5.83. The third-order valence-corrected chi connectivity index (χ3v) is 8.42. The van der Waals surface area contributed by atoms with E-state index in [-0.39, 0.29) is 0 Å². The van der Waals surface area contributed by atoms with Crippen molar-refractivity contribution in [2.45, 2.75) is 58.5 Å². The van der Waals surface area contributed by atoms with Crippen LogP contribution < -0.4 is 0 Å². The molecule has 0 saturated carbocycles.